The van der Waals surface area contributed by atoms with Crippen molar-refractivity contribution in [2.24, 2.45) is 0 Å². The normalized spacial score (nSPS) is 14.7. The summed E-state index contributed by atoms with van der Waals surface area (Å²) in [5.41, 5.74) is 0. The van der Waals surface area contributed by atoms with E-state index in [1.165, 1.54) is 0 Å². The predicted molar refractivity (Wildman–Crippen MR) is 90.7 cm³/mol. The molecular weight excluding hydrogens is 398 g/mol. The Bertz CT molecular complexity index is 681. The summed E-state index contributed by atoms with van der Waals surface area (Å²) in [7, 11) is 0. The number of hydrogen-bond acceptors (Lipinski definition) is 2. The Balaban J connectivity index is 1.76. The number of likely N-dealkylation sites (tertiary alicyclic amines) is 1. The van der Waals surface area contributed by atoms with Crippen LogP contribution in [0.25, 0.3) is 10.8 Å². The molecule has 0 N–H and O–H groups in total. The second-order valence-electron chi connectivity index (χ2n) is 5.12. The first-order chi connectivity index (χ1) is 10.1. The SMILES string of the molecule is O=C(COc1ccc2cc(Br)ccc2c1Br)N1CCCC1. The number of amides is 1. The quantitative estimate of drug-likeness (QED) is 0.749. The van der Waals surface area contributed by atoms with Gasteiger partial charge in [-0.2, -0.15) is 0 Å². The van der Waals surface area contributed by atoms with Gasteiger partial charge >= 0.3 is 0 Å². The van der Waals surface area contributed by atoms with Gasteiger partial charge in [-0.05, 0) is 57.7 Å². The molecule has 1 amide bonds. The molecular formula is C16H15Br2NO2. The molecule has 0 aliphatic carbocycles. The number of nitrogens with zero attached hydrogens (tertiary/aromatic N) is 1. The van der Waals surface area contributed by atoms with E-state index in [1.54, 1.807) is 0 Å². The highest BCUT2D eigenvalue weighted by Gasteiger charge is 2.18. The number of fused-ring (bicyclic) bond motifs is 1. The molecule has 3 nitrogen and oxygen atoms in total. The molecule has 110 valence electrons. The Kier molecular flexibility index (Phi) is 4.50. The van der Waals surface area contributed by atoms with E-state index in [0.717, 1.165) is 45.6 Å². The molecule has 21 heavy (non-hydrogen) atoms. The van der Waals surface area contributed by atoms with Crippen LogP contribution in [0.3, 0.4) is 0 Å². The van der Waals surface area contributed by atoms with Crippen molar-refractivity contribution in [3.8, 4) is 5.75 Å². The number of ether oxygens (including phenoxy) is 1. The number of carbonyl (C=O) groups excluding carboxylic acids is 1. The van der Waals surface area contributed by atoms with Crippen molar-refractivity contribution in [3.05, 3.63) is 39.3 Å². The minimum absolute atomic E-state index is 0.0651. The van der Waals surface area contributed by atoms with Crippen LogP contribution in [0, 0.1) is 0 Å². The van der Waals surface area contributed by atoms with E-state index in [4.69, 9.17) is 4.74 Å². The zero-order valence-electron chi connectivity index (χ0n) is 11.4. The van der Waals surface area contributed by atoms with Crippen LogP contribution in [0.2, 0.25) is 0 Å². The van der Waals surface area contributed by atoms with Crippen molar-refractivity contribution in [1.82, 2.24) is 4.90 Å². The Hall–Kier alpha value is -1.07. The van der Waals surface area contributed by atoms with Gasteiger partial charge < -0.3 is 9.64 Å². The van der Waals surface area contributed by atoms with Gasteiger partial charge in [0.2, 0.25) is 0 Å². The van der Waals surface area contributed by atoms with E-state index >= 15 is 0 Å². The van der Waals surface area contributed by atoms with Crippen molar-refractivity contribution in [2.75, 3.05) is 19.7 Å². The van der Waals surface area contributed by atoms with Crippen LogP contribution in [0.15, 0.2) is 39.3 Å². The monoisotopic (exact) mass is 411 g/mol. The van der Waals surface area contributed by atoms with Gasteiger partial charge in [-0.3, -0.25) is 4.79 Å². The minimum atomic E-state index is 0.0651. The van der Waals surface area contributed by atoms with E-state index in [1.807, 2.05) is 29.2 Å². The van der Waals surface area contributed by atoms with Gasteiger partial charge in [0.05, 0.1) is 4.47 Å². The highest BCUT2D eigenvalue weighted by atomic mass is 79.9. The fourth-order valence-corrected chi connectivity index (χ4v) is 3.54. The molecule has 1 aliphatic heterocycles. The summed E-state index contributed by atoms with van der Waals surface area (Å²) in [6.45, 7) is 1.81. The summed E-state index contributed by atoms with van der Waals surface area (Å²) in [6.07, 6.45) is 2.20. The molecule has 1 saturated heterocycles. The lowest BCUT2D eigenvalue weighted by molar-refractivity contribution is -0.132. The minimum Gasteiger partial charge on any atom is -0.483 e. The Labute approximate surface area is 140 Å². The first-order valence-corrected chi connectivity index (χ1v) is 8.52. The first kappa shape index (κ1) is 14.9. The van der Waals surface area contributed by atoms with Crippen LogP contribution in [0.5, 0.6) is 5.75 Å². The fourth-order valence-electron chi connectivity index (χ4n) is 2.55. The van der Waals surface area contributed by atoms with Crippen LogP contribution in [-0.4, -0.2) is 30.5 Å². The second-order valence-corrected chi connectivity index (χ2v) is 6.83. The van der Waals surface area contributed by atoms with E-state index in [0.29, 0.717) is 5.75 Å². The van der Waals surface area contributed by atoms with Crippen LogP contribution in [-0.2, 0) is 4.79 Å². The molecule has 2 aromatic rings. The predicted octanol–water partition coefficient (Wildman–Crippen LogP) is 4.37. The summed E-state index contributed by atoms with van der Waals surface area (Å²) < 4.78 is 7.63. The molecule has 3 rings (SSSR count). The Morgan fingerprint density at radius 3 is 2.67 bits per heavy atom. The topological polar surface area (TPSA) is 29.5 Å². The molecule has 2 aromatic carbocycles. The van der Waals surface area contributed by atoms with Gasteiger partial charge in [-0.25, -0.2) is 0 Å². The van der Waals surface area contributed by atoms with Gasteiger partial charge in [0.1, 0.15) is 5.75 Å². The molecule has 0 aromatic heterocycles. The fraction of sp³-hybridized carbons (Fsp3) is 0.312. The van der Waals surface area contributed by atoms with Crippen molar-refractivity contribution >= 4 is 48.5 Å². The van der Waals surface area contributed by atoms with Crippen molar-refractivity contribution < 1.29 is 9.53 Å². The summed E-state index contributed by atoms with van der Waals surface area (Å²) in [4.78, 5) is 13.9. The lowest BCUT2D eigenvalue weighted by atomic mass is 10.1. The smallest absolute Gasteiger partial charge is 0.260 e. The van der Waals surface area contributed by atoms with Gasteiger partial charge in [0.15, 0.2) is 6.61 Å². The molecule has 0 radical (unpaired) electrons. The largest absolute Gasteiger partial charge is 0.483 e. The number of carbonyl (C=O) groups is 1. The molecule has 0 spiro atoms. The number of halogens is 2. The molecule has 0 unspecified atom stereocenters. The summed E-state index contributed by atoms with van der Waals surface area (Å²) in [5.74, 6) is 0.771. The van der Waals surface area contributed by atoms with Crippen LogP contribution >= 0.6 is 31.9 Å². The Morgan fingerprint density at radius 2 is 1.90 bits per heavy atom. The summed E-state index contributed by atoms with van der Waals surface area (Å²) in [6, 6.07) is 9.97. The standard InChI is InChI=1S/C16H15Br2NO2/c17-12-4-5-13-11(9-12)3-6-14(16(13)18)21-10-15(20)19-7-1-2-8-19/h3-6,9H,1-2,7-8,10H2. The van der Waals surface area contributed by atoms with E-state index < -0.39 is 0 Å². The van der Waals surface area contributed by atoms with E-state index in [9.17, 15) is 4.79 Å². The molecule has 0 bridgehead atoms. The van der Waals surface area contributed by atoms with E-state index in [2.05, 4.69) is 37.9 Å². The zero-order valence-corrected chi connectivity index (χ0v) is 14.6. The number of hydrogen-bond donors (Lipinski definition) is 0. The van der Waals surface area contributed by atoms with Gasteiger partial charge in [-0.1, -0.05) is 28.1 Å². The van der Waals surface area contributed by atoms with Crippen LogP contribution < -0.4 is 4.74 Å². The zero-order chi connectivity index (χ0) is 14.8. The summed E-state index contributed by atoms with van der Waals surface area (Å²) in [5, 5.41) is 2.19. The maximum atomic E-state index is 12.0. The molecule has 1 aliphatic rings. The Morgan fingerprint density at radius 1 is 1.14 bits per heavy atom. The average molecular weight is 413 g/mol. The van der Waals surface area contributed by atoms with Gasteiger partial charge in [-0.15, -0.1) is 0 Å². The third-order valence-corrected chi connectivity index (χ3v) is 5.00. The lowest BCUT2D eigenvalue weighted by Gasteiger charge is -2.16. The van der Waals surface area contributed by atoms with Crippen LogP contribution in [0.1, 0.15) is 12.8 Å². The number of benzene rings is 2. The van der Waals surface area contributed by atoms with Crippen molar-refractivity contribution in [3.63, 3.8) is 0 Å². The number of rotatable bonds is 3. The second kappa shape index (κ2) is 6.36. The first-order valence-electron chi connectivity index (χ1n) is 6.93. The molecule has 1 fully saturated rings. The van der Waals surface area contributed by atoms with Crippen LogP contribution in [0.4, 0.5) is 0 Å². The lowest BCUT2D eigenvalue weighted by Crippen LogP contribution is -2.32. The van der Waals surface area contributed by atoms with Gasteiger partial charge in [0, 0.05) is 17.6 Å². The van der Waals surface area contributed by atoms with E-state index in [-0.39, 0.29) is 12.5 Å². The third kappa shape index (κ3) is 3.24. The highest BCUT2D eigenvalue weighted by molar-refractivity contribution is 9.11. The molecule has 0 saturated carbocycles. The van der Waals surface area contributed by atoms with Crippen molar-refractivity contribution in [2.45, 2.75) is 12.8 Å². The maximum Gasteiger partial charge on any atom is 0.260 e. The maximum absolute atomic E-state index is 12.0. The molecule has 1 heterocycles. The third-order valence-electron chi connectivity index (χ3n) is 3.69. The van der Waals surface area contributed by atoms with Gasteiger partial charge in [0.25, 0.3) is 5.91 Å². The summed E-state index contributed by atoms with van der Waals surface area (Å²) >= 11 is 7.04. The molecule has 5 heteroatoms. The average Bonchev–Trinajstić information content (AvgIpc) is 3.00. The van der Waals surface area contributed by atoms with Crippen molar-refractivity contribution in [1.29, 1.82) is 0 Å². The highest BCUT2D eigenvalue weighted by Crippen LogP contribution is 2.34. The molecule has 0 atom stereocenters.